The lowest BCUT2D eigenvalue weighted by molar-refractivity contribution is 0.112. The fourth-order valence-electron chi connectivity index (χ4n) is 4.02. The van der Waals surface area contributed by atoms with Crippen molar-refractivity contribution in [3.05, 3.63) is 91.5 Å². The Labute approximate surface area is 188 Å². The van der Waals surface area contributed by atoms with Gasteiger partial charge in [-0.15, -0.1) is 0 Å². The van der Waals surface area contributed by atoms with Crippen LogP contribution in [-0.4, -0.2) is 32.3 Å². The number of rotatable bonds is 7. The number of carbonyl (C=O) groups is 1. The molecule has 0 radical (unpaired) electrons. The Morgan fingerprint density at radius 1 is 1.03 bits per heavy atom. The number of aryl methyl sites for hydroxylation is 2. The molecule has 8 nitrogen and oxygen atoms in total. The fraction of sp³-hybridized carbons (Fsp3) is 0.250. The van der Waals surface area contributed by atoms with Crippen LogP contribution >= 0.6 is 0 Å². The van der Waals surface area contributed by atoms with Gasteiger partial charge in [0.2, 0.25) is 0 Å². The first-order valence-electron chi connectivity index (χ1n) is 10.4. The topological polar surface area (TPSA) is 88.1 Å². The first kappa shape index (κ1) is 22.2. The minimum Gasteiger partial charge on any atom is -0.496 e. The number of methoxy groups -OCH3 is 1. The van der Waals surface area contributed by atoms with Crippen LogP contribution in [0, 0.1) is 12.7 Å². The molecular formula is C24H23FN4O4. The lowest BCUT2D eigenvalue weighted by Gasteiger charge is -2.15. The molecule has 0 aliphatic rings. The second-order valence-electron chi connectivity index (χ2n) is 7.67. The number of benzene rings is 2. The molecule has 33 heavy (non-hydrogen) atoms. The smallest absolute Gasteiger partial charge is 0.332 e. The van der Waals surface area contributed by atoms with E-state index in [0.717, 1.165) is 10.9 Å². The first-order chi connectivity index (χ1) is 15.9. The highest BCUT2D eigenvalue weighted by Gasteiger charge is 2.21. The second-order valence-corrected chi connectivity index (χ2v) is 7.67. The number of halogens is 1. The van der Waals surface area contributed by atoms with Crippen molar-refractivity contribution < 1.29 is 13.9 Å². The van der Waals surface area contributed by atoms with E-state index in [1.165, 1.54) is 35.9 Å². The summed E-state index contributed by atoms with van der Waals surface area (Å²) >= 11 is 0. The molecule has 0 saturated carbocycles. The van der Waals surface area contributed by atoms with E-state index in [2.05, 4.69) is 5.10 Å². The zero-order valence-corrected chi connectivity index (χ0v) is 18.5. The molecule has 9 heteroatoms. The molecule has 2 aromatic heterocycles. The molecule has 0 bridgehead atoms. The van der Waals surface area contributed by atoms with Gasteiger partial charge in [0.15, 0.2) is 5.52 Å². The summed E-state index contributed by atoms with van der Waals surface area (Å²) in [5, 5.41) is 4.46. The normalized spacial score (nSPS) is 11.2. The van der Waals surface area contributed by atoms with Gasteiger partial charge in [-0.1, -0.05) is 12.1 Å². The maximum Gasteiger partial charge on any atom is 0.332 e. The zero-order valence-electron chi connectivity index (χ0n) is 18.5. The predicted molar refractivity (Wildman–Crippen MR) is 122 cm³/mol. The Hall–Kier alpha value is -4.01. The Morgan fingerprint density at radius 2 is 1.76 bits per heavy atom. The van der Waals surface area contributed by atoms with Crippen molar-refractivity contribution in [2.45, 2.75) is 33.5 Å². The first-order valence-corrected chi connectivity index (χ1v) is 10.4. The predicted octanol–water partition coefficient (Wildman–Crippen LogP) is 2.74. The number of nitrogens with zero attached hydrogens (tertiary/aromatic N) is 4. The highest BCUT2D eigenvalue weighted by Crippen LogP contribution is 2.22. The Bertz CT molecular complexity index is 1470. The number of hydrogen-bond acceptors (Lipinski definition) is 5. The maximum atomic E-state index is 13.6. The third kappa shape index (κ3) is 3.97. The van der Waals surface area contributed by atoms with Crippen molar-refractivity contribution in [3.63, 3.8) is 0 Å². The molecule has 0 atom stereocenters. The molecule has 2 heterocycles. The minimum absolute atomic E-state index is 0.0205. The summed E-state index contributed by atoms with van der Waals surface area (Å²) < 4.78 is 23.0. The van der Waals surface area contributed by atoms with E-state index >= 15 is 0 Å². The van der Waals surface area contributed by atoms with Gasteiger partial charge >= 0.3 is 5.69 Å². The van der Waals surface area contributed by atoms with Crippen molar-refractivity contribution >= 4 is 17.3 Å². The molecule has 170 valence electrons. The lowest BCUT2D eigenvalue weighted by Crippen LogP contribution is -2.41. The molecule has 4 rings (SSSR count). The number of carbonyl (C=O) groups excluding carboxylic acids is 1. The summed E-state index contributed by atoms with van der Waals surface area (Å²) in [6.07, 6.45) is 0.719. The summed E-state index contributed by atoms with van der Waals surface area (Å²) in [4.78, 5) is 38.3. The Morgan fingerprint density at radius 3 is 2.39 bits per heavy atom. The van der Waals surface area contributed by atoms with Crippen LogP contribution in [-0.2, 0) is 19.6 Å². The van der Waals surface area contributed by atoms with Gasteiger partial charge in [0.1, 0.15) is 17.9 Å². The van der Waals surface area contributed by atoms with Gasteiger partial charge in [-0.2, -0.15) is 5.10 Å². The van der Waals surface area contributed by atoms with Crippen LogP contribution in [0.15, 0.2) is 52.1 Å². The number of fused-ring (bicyclic) bond motifs is 1. The van der Waals surface area contributed by atoms with Crippen LogP contribution in [0.4, 0.5) is 4.39 Å². The van der Waals surface area contributed by atoms with Gasteiger partial charge in [-0.3, -0.25) is 23.4 Å². The van der Waals surface area contributed by atoms with Gasteiger partial charge < -0.3 is 4.74 Å². The van der Waals surface area contributed by atoms with Crippen LogP contribution in [0.2, 0.25) is 0 Å². The number of aromatic nitrogens is 4. The number of ether oxygens (including phenoxy) is 1. The van der Waals surface area contributed by atoms with E-state index < -0.39 is 17.1 Å². The molecule has 0 fully saturated rings. The standard InChI is InChI=1S/C24H23FN4O4/c1-4-29-22-21(15(2)26-29)27(13-18-11-17(14-30)7-10-20(18)33-3)24(32)28(23(22)31)12-16-5-8-19(25)9-6-16/h5-11,14H,4,12-13H2,1-3H3. The van der Waals surface area contributed by atoms with Gasteiger partial charge in [-0.05, 0) is 49.7 Å². The van der Waals surface area contributed by atoms with Crippen molar-refractivity contribution in [1.82, 2.24) is 18.9 Å². The number of hydrogen-bond donors (Lipinski definition) is 0. The third-order valence-electron chi connectivity index (χ3n) is 5.60. The monoisotopic (exact) mass is 450 g/mol. The van der Waals surface area contributed by atoms with Crippen molar-refractivity contribution in [1.29, 1.82) is 0 Å². The van der Waals surface area contributed by atoms with Crippen LogP contribution < -0.4 is 16.0 Å². The van der Waals surface area contributed by atoms with E-state index in [4.69, 9.17) is 4.74 Å². The van der Waals surface area contributed by atoms with Gasteiger partial charge in [0.25, 0.3) is 5.56 Å². The van der Waals surface area contributed by atoms with E-state index in [1.807, 2.05) is 6.92 Å². The fourth-order valence-corrected chi connectivity index (χ4v) is 4.02. The van der Waals surface area contributed by atoms with E-state index in [9.17, 15) is 18.8 Å². The Kier molecular flexibility index (Phi) is 5.95. The molecular weight excluding hydrogens is 427 g/mol. The highest BCUT2D eigenvalue weighted by atomic mass is 19.1. The average Bonchev–Trinajstić information content (AvgIpc) is 3.16. The van der Waals surface area contributed by atoms with E-state index in [-0.39, 0.29) is 13.1 Å². The summed E-state index contributed by atoms with van der Waals surface area (Å²) in [6, 6.07) is 10.6. The quantitative estimate of drug-likeness (QED) is 0.404. The van der Waals surface area contributed by atoms with Gasteiger partial charge in [0, 0.05) is 17.7 Å². The van der Waals surface area contributed by atoms with Crippen molar-refractivity contribution in [3.8, 4) is 5.75 Å². The van der Waals surface area contributed by atoms with Gasteiger partial charge in [0.05, 0.1) is 31.4 Å². The molecule has 0 spiro atoms. The summed E-state index contributed by atoms with van der Waals surface area (Å²) in [7, 11) is 1.51. The molecule has 0 aliphatic carbocycles. The zero-order chi connectivity index (χ0) is 23.7. The molecule has 0 saturated heterocycles. The average molecular weight is 450 g/mol. The third-order valence-corrected chi connectivity index (χ3v) is 5.60. The van der Waals surface area contributed by atoms with Gasteiger partial charge in [-0.25, -0.2) is 9.18 Å². The van der Waals surface area contributed by atoms with Crippen molar-refractivity contribution in [2.24, 2.45) is 0 Å². The molecule has 2 aromatic carbocycles. The van der Waals surface area contributed by atoms with E-state index in [1.54, 1.807) is 29.8 Å². The van der Waals surface area contributed by atoms with Crippen LogP contribution in [0.1, 0.15) is 34.1 Å². The summed E-state index contributed by atoms with van der Waals surface area (Å²) in [5.74, 6) is 0.110. The maximum absolute atomic E-state index is 13.6. The van der Waals surface area contributed by atoms with Crippen LogP contribution in [0.25, 0.3) is 11.0 Å². The summed E-state index contributed by atoms with van der Waals surface area (Å²) in [5.41, 5.74) is 1.95. The second kappa shape index (κ2) is 8.85. The van der Waals surface area contributed by atoms with Crippen molar-refractivity contribution in [2.75, 3.05) is 7.11 Å². The van der Waals surface area contributed by atoms with Crippen LogP contribution in [0.3, 0.4) is 0 Å². The molecule has 0 amide bonds. The molecule has 4 aromatic rings. The number of aldehydes is 1. The minimum atomic E-state index is -0.533. The highest BCUT2D eigenvalue weighted by molar-refractivity contribution is 5.78. The van der Waals surface area contributed by atoms with Crippen LogP contribution in [0.5, 0.6) is 5.75 Å². The van der Waals surface area contributed by atoms with E-state index in [0.29, 0.717) is 45.7 Å². The molecule has 0 aliphatic heterocycles. The Balaban J connectivity index is 1.98. The lowest BCUT2D eigenvalue weighted by atomic mass is 10.1. The molecule has 0 N–H and O–H groups in total. The SMILES string of the molecule is CCn1nc(C)c2c1c(=O)n(Cc1ccc(F)cc1)c(=O)n2Cc1cc(C=O)ccc1OC. The summed E-state index contributed by atoms with van der Waals surface area (Å²) in [6.45, 7) is 4.10. The largest absolute Gasteiger partial charge is 0.496 e. The molecule has 0 unspecified atom stereocenters.